The summed E-state index contributed by atoms with van der Waals surface area (Å²) in [5.74, 6) is 2.00. The summed E-state index contributed by atoms with van der Waals surface area (Å²) in [6.07, 6.45) is -3.46. The van der Waals surface area contributed by atoms with E-state index in [0.717, 1.165) is 24.0 Å². The average molecular weight is 318 g/mol. The normalized spacial score (nSPS) is 18.6. The lowest BCUT2D eigenvalue weighted by atomic mass is 10.0. The number of hydrogen-bond donors (Lipinski definition) is 2. The Bertz CT molecular complexity index is 513. The summed E-state index contributed by atoms with van der Waals surface area (Å²) >= 11 is 1.83. The smallest absolute Gasteiger partial charge is 0.387 e. The van der Waals surface area contributed by atoms with E-state index in [2.05, 4.69) is 10.6 Å². The van der Waals surface area contributed by atoms with Crippen molar-refractivity contribution in [2.24, 2.45) is 5.92 Å². The van der Waals surface area contributed by atoms with E-state index < -0.39 is 17.6 Å². The summed E-state index contributed by atoms with van der Waals surface area (Å²) in [6.45, 7) is 0.505. The summed E-state index contributed by atoms with van der Waals surface area (Å²) in [6, 6.07) is 3.63. The molecule has 1 unspecified atom stereocenters. The number of alkyl halides is 3. The highest BCUT2D eigenvalue weighted by Gasteiger charge is 2.35. The molecule has 0 saturated carbocycles. The quantitative estimate of drug-likeness (QED) is 0.895. The van der Waals surface area contributed by atoms with Crippen molar-refractivity contribution >= 4 is 23.4 Å². The van der Waals surface area contributed by atoms with Crippen LogP contribution in [0.15, 0.2) is 18.2 Å². The second kappa shape index (κ2) is 6.60. The largest absolute Gasteiger partial charge is 0.418 e. The van der Waals surface area contributed by atoms with Crippen LogP contribution < -0.4 is 10.6 Å². The van der Waals surface area contributed by atoms with Crippen molar-refractivity contribution in [3.8, 4) is 0 Å². The van der Waals surface area contributed by atoms with Gasteiger partial charge in [0.1, 0.15) is 0 Å². The number of rotatable bonds is 4. The second-order valence-corrected chi connectivity index (χ2v) is 6.07. The van der Waals surface area contributed by atoms with Gasteiger partial charge in [-0.05, 0) is 36.0 Å². The van der Waals surface area contributed by atoms with Crippen LogP contribution in [0.5, 0.6) is 0 Å². The van der Waals surface area contributed by atoms with Crippen LogP contribution in [0.1, 0.15) is 22.3 Å². The van der Waals surface area contributed by atoms with Crippen LogP contribution >= 0.6 is 11.8 Å². The molecule has 1 atom stereocenters. The van der Waals surface area contributed by atoms with E-state index in [0.29, 0.717) is 12.5 Å². The Hall–Kier alpha value is -1.37. The third-order valence-corrected chi connectivity index (χ3v) is 4.67. The van der Waals surface area contributed by atoms with Gasteiger partial charge >= 0.3 is 6.18 Å². The van der Waals surface area contributed by atoms with Crippen LogP contribution in [0.3, 0.4) is 0 Å². The minimum absolute atomic E-state index is 0.0259. The van der Waals surface area contributed by atoms with Gasteiger partial charge in [0.2, 0.25) is 0 Å². The van der Waals surface area contributed by atoms with Crippen LogP contribution in [0.25, 0.3) is 0 Å². The van der Waals surface area contributed by atoms with Crippen LogP contribution in [0.4, 0.5) is 18.9 Å². The van der Waals surface area contributed by atoms with Gasteiger partial charge in [-0.15, -0.1) is 0 Å². The molecule has 0 spiro atoms. The van der Waals surface area contributed by atoms with Crippen molar-refractivity contribution in [2.45, 2.75) is 12.6 Å². The minimum atomic E-state index is -4.49. The number of carbonyl (C=O) groups excluding carboxylic acids is 1. The number of carbonyl (C=O) groups is 1. The first kappa shape index (κ1) is 16.0. The van der Waals surface area contributed by atoms with E-state index in [1.807, 2.05) is 11.8 Å². The number of halogens is 3. The highest BCUT2D eigenvalue weighted by atomic mass is 32.2. The molecule has 1 fully saturated rings. The Kier molecular flexibility index (Phi) is 5.03. The lowest BCUT2D eigenvalue weighted by Gasteiger charge is -2.17. The molecular formula is C14H17F3N2OS. The van der Waals surface area contributed by atoms with Crippen LogP contribution in [0, 0.1) is 5.92 Å². The van der Waals surface area contributed by atoms with Crippen molar-refractivity contribution in [2.75, 3.05) is 30.4 Å². The molecule has 3 nitrogen and oxygen atoms in total. The van der Waals surface area contributed by atoms with Crippen molar-refractivity contribution in [1.82, 2.24) is 5.32 Å². The van der Waals surface area contributed by atoms with Crippen LogP contribution in [0.2, 0.25) is 0 Å². The fraction of sp³-hybridized carbons (Fsp3) is 0.500. The third kappa shape index (κ3) is 3.84. The van der Waals surface area contributed by atoms with Crippen molar-refractivity contribution in [3.63, 3.8) is 0 Å². The number of para-hydroxylation sites is 1. The van der Waals surface area contributed by atoms with Gasteiger partial charge in [0.25, 0.3) is 5.91 Å². The summed E-state index contributed by atoms with van der Waals surface area (Å²) in [5, 5.41) is 5.23. The third-order valence-electron chi connectivity index (χ3n) is 3.44. The molecule has 0 aliphatic carbocycles. The zero-order valence-corrected chi connectivity index (χ0v) is 12.4. The first-order chi connectivity index (χ1) is 9.93. The maximum atomic E-state index is 12.9. The first-order valence-electron chi connectivity index (χ1n) is 6.67. The summed E-state index contributed by atoms with van der Waals surface area (Å²) in [7, 11) is 1.38. The molecule has 2 rings (SSSR count). The topological polar surface area (TPSA) is 41.1 Å². The lowest BCUT2D eigenvalue weighted by Crippen LogP contribution is -2.30. The molecular weight excluding hydrogens is 301 g/mol. The SMILES string of the molecule is CNc1c(C(=O)NCC2CCSC2)cccc1C(F)(F)F. The summed E-state index contributed by atoms with van der Waals surface area (Å²) < 4.78 is 38.8. The Morgan fingerprint density at radius 3 is 2.76 bits per heavy atom. The molecule has 0 bridgehead atoms. The van der Waals surface area contributed by atoms with E-state index in [-0.39, 0.29) is 11.3 Å². The number of anilines is 1. The van der Waals surface area contributed by atoms with Crippen molar-refractivity contribution in [3.05, 3.63) is 29.3 Å². The van der Waals surface area contributed by atoms with Gasteiger partial charge in [-0.2, -0.15) is 24.9 Å². The first-order valence-corrected chi connectivity index (χ1v) is 7.83. The van der Waals surface area contributed by atoms with Gasteiger partial charge < -0.3 is 10.6 Å². The molecule has 0 radical (unpaired) electrons. The molecule has 1 amide bonds. The maximum Gasteiger partial charge on any atom is 0.418 e. The molecule has 1 aliphatic heterocycles. The zero-order valence-electron chi connectivity index (χ0n) is 11.6. The Morgan fingerprint density at radius 2 is 2.19 bits per heavy atom. The molecule has 1 heterocycles. The molecule has 0 aromatic heterocycles. The van der Waals surface area contributed by atoms with Gasteiger partial charge in [-0.25, -0.2) is 0 Å². The fourth-order valence-electron chi connectivity index (χ4n) is 2.32. The number of thioether (sulfide) groups is 1. The predicted octanol–water partition coefficient (Wildman–Crippen LogP) is 3.23. The second-order valence-electron chi connectivity index (χ2n) is 4.92. The molecule has 7 heteroatoms. The van der Waals surface area contributed by atoms with E-state index >= 15 is 0 Å². The number of nitrogens with one attached hydrogen (secondary N) is 2. The maximum absolute atomic E-state index is 12.9. The van der Waals surface area contributed by atoms with Crippen LogP contribution in [-0.2, 0) is 6.18 Å². The Labute approximate surface area is 125 Å². The molecule has 1 aromatic carbocycles. The zero-order chi connectivity index (χ0) is 15.5. The number of hydrogen-bond acceptors (Lipinski definition) is 3. The monoisotopic (exact) mass is 318 g/mol. The fourth-order valence-corrected chi connectivity index (χ4v) is 3.61. The lowest BCUT2D eigenvalue weighted by molar-refractivity contribution is -0.136. The van der Waals surface area contributed by atoms with E-state index in [1.165, 1.54) is 19.2 Å². The van der Waals surface area contributed by atoms with Crippen LogP contribution in [-0.4, -0.2) is 31.0 Å². The molecule has 1 aliphatic rings. The van der Waals surface area contributed by atoms with E-state index in [4.69, 9.17) is 0 Å². The number of benzene rings is 1. The standard InChI is InChI=1S/C14H17F3N2OS/c1-18-12-10(3-2-4-11(12)14(15,16)17)13(20)19-7-9-5-6-21-8-9/h2-4,9,18H,5-8H2,1H3,(H,19,20). The molecule has 116 valence electrons. The van der Waals surface area contributed by atoms with E-state index in [1.54, 1.807) is 0 Å². The Morgan fingerprint density at radius 1 is 1.43 bits per heavy atom. The van der Waals surface area contributed by atoms with Gasteiger partial charge in [-0.1, -0.05) is 6.07 Å². The molecule has 1 aromatic rings. The minimum Gasteiger partial charge on any atom is -0.387 e. The van der Waals surface area contributed by atoms with E-state index in [9.17, 15) is 18.0 Å². The average Bonchev–Trinajstić information content (AvgIpc) is 2.96. The molecule has 1 saturated heterocycles. The highest BCUT2D eigenvalue weighted by Crippen LogP contribution is 2.36. The molecule has 2 N–H and O–H groups in total. The highest BCUT2D eigenvalue weighted by molar-refractivity contribution is 7.99. The van der Waals surface area contributed by atoms with Crippen molar-refractivity contribution < 1.29 is 18.0 Å². The van der Waals surface area contributed by atoms with Gasteiger partial charge in [-0.3, -0.25) is 4.79 Å². The summed E-state index contributed by atoms with van der Waals surface area (Å²) in [5.41, 5.74) is -0.977. The molecule has 21 heavy (non-hydrogen) atoms. The predicted molar refractivity (Wildman–Crippen MR) is 78.8 cm³/mol. The van der Waals surface area contributed by atoms with Gasteiger partial charge in [0, 0.05) is 13.6 Å². The van der Waals surface area contributed by atoms with Crippen molar-refractivity contribution in [1.29, 1.82) is 0 Å². The Balaban J connectivity index is 2.16. The van der Waals surface area contributed by atoms with Gasteiger partial charge in [0.05, 0.1) is 16.8 Å². The summed E-state index contributed by atoms with van der Waals surface area (Å²) in [4.78, 5) is 12.1. The number of amides is 1. The van der Waals surface area contributed by atoms with Gasteiger partial charge in [0.15, 0.2) is 0 Å².